The SMILES string of the molecule is CSc1ccc(C(Cc2c(C)cccc2C)NN)cc1. The Bertz CT molecular complexity index is 543. The summed E-state index contributed by atoms with van der Waals surface area (Å²) in [5.74, 6) is 5.77. The smallest absolute Gasteiger partial charge is 0.0500 e. The van der Waals surface area contributed by atoms with Crippen molar-refractivity contribution in [3.63, 3.8) is 0 Å². The summed E-state index contributed by atoms with van der Waals surface area (Å²) in [6.45, 7) is 4.32. The van der Waals surface area contributed by atoms with Crippen molar-refractivity contribution in [1.29, 1.82) is 0 Å². The Morgan fingerprint density at radius 1 is 1.05 bits per heavy atom. The van der Waals surface area contributed by atoms with E-state index >= 15 is 0 Å². The van der Waals surface area contributed by atoms with E-state index in [4.69, 9.17) is 5.84 Å². The van der Waals surface area contributed by atoms with Crippen molar-refractivity contribution < 1.29 is 0 Å². The van der Waals surface area contributed by atoms with Crippen LogP contribution in [-0.4, -0.2) is 6.26 Å². The minimum atomic E-state index is 0.144. The highest BCUT2D eigenvalue weighted by atomic mass is 32.2. The molecule has 2 rings (SSSR count). The summed E-state index contributed by atoms with van der Waals surface area (Å²) in [4.78, 5) is 1.27. The average molecular weight is 286 g/mol. The van der Waals surface area contributed by atoms with E-state index in [-0.39, 0.29) is 6.04 Å². The largest absolute Gasteiger partial charge is 0.271 e. The lowest BCUT2D eigenvalue weighted by molar-refractivity contribution is 0.549. The molecule has 0 radical (unpaired) electrons. The van der Waals surface area contributed by atoms with Crippen LogP contribution in [0.3, 0.4) is 0 Å². The standard InChI is InChI=1S/C17H22N2S/c1-12-5-4-6-13(2)16(12)11-17(19-18)14-7-9-15(20-3)10-8-14/h4-10,17,19H,11,18H2,1-3H3. The number of benzene rings is 2. The van der Waals surface area contributed by atoms with Gasteiger partial charge in [0.05, 0.1) is 0 Å². The lowest BCUT2D eigenvalue weighted by atomic mass is 9.93. The maximum absolute atomic E-state index is 5.77. The van der Waals surface area contributed by atoms with Crippen LogP contribution < -0.4 is 11.3 Å². The molecule has 0 bridgehead atoms. The summed E-state index contributed by atoms with van der Waals surface area (Å²) in [6.07, 6.45) is 3.00. The van der Waals surface area contributed by atoms with Crippen LogP contribution in [0.25, 0.3) is 0 Å². The molecule has 0 amide bonds. The lowest BCUT2D eigenvalue weighted by Gasteiger charge is -2.19. The zero-order valence-corrected chi connectivity index (χ0v) is 13.1. The molecule has 2 nitrogen and oxygen atoms in total. The second-order valence-electron chi connectivity index (χ2n) is 5.07. The van der Waals surface area contributed by atoms with E-state index in [2.05, 4.69) is 68.0 Å². The summed E-state index contributed by atoms with van der Waals surface area (Å²) in [5.41, 5.74) is 8.21. The van der Waals surface area contributed by atoms with E-state index in [1.54, 1.807) is 11.8 Å². The summed E-state index contributed by atoms with van der Waals surface area (Å²) in [5, 5.41) is 0. The summed E-state index contributed by atoms with van der Waals surface area (Å²) >= 11 is 1.75. The van der Waals surface area contributed by atoms with Gasteiger partial charge >= 0.3 is 0 Å². The molecule has 0 saturated carbocycles. The van der Waals surface area contributed by atoms with Gasteiger partial charge < -0.3 is 0 Å². The first-order valence-corrected chi connectivity index (χ1v) is 8.03. The molecule has 3 heteroatoms. The molecule has 0 aliphatic heterocycles. The zero-order chi connectivity index (χ0) is 14.5. The van der Waals surface area contributed by atoms with E-state index in [1.165, 1.54) is 27.1 Å². The van der Waals surface area contributed by atoms with Crippen molar-refractivity contribution in [1.82, 2.24) is 5.43 Å². The topological polar surface area (TPSA) is 38.0 Å². The van der Waals surface area contributed by atoms with Crippen molar-refractivity contribution >= 4 is 11.8 Å². The van der Waals surface area contributed by atoms with Gasteiger partial charge in [0, 0.05) is 10.9 Å². The van der Waals surface area contributed by atoms with Crippen LogP contribution in [0.1, 0.15) is 28.3 Å². The molecule has 0 spiro atoms. The number of hydrogen-bond acceptors (Lipinski definition) is 3. The van der Waals surface area contributed by atoms with Gasteiger partial charge in [0.1, 0.15) is 0 Å². The minimum absolute atomic E-state index is 0.144. The lowest BCUT2D eigenvalue weighted by Crippen LogP contribution is -2.30. The first-order chi connectivity index (χ1) is 9.65. The molecule has 0 fully saturated rings. The highest BCUT2D eigenvalue weighted by Gasteiger charge is 2.13. The maximum Gasteiger partial charge on any atom is 0.0500 e. The fourth-order valence-corrected chi connectivity index (χ4v) is 2.89. The van der Waals surface area contributed by atoms with E-state index in [1.807, 2.05) is 0 Å². The molecule has 0 heterocycles. The monoisotopic (exact) mass is 286 g/mol. The van der Waals surface area contributed by atoms with Crippen molar-refractivity contribution in [2.75, 3.05) is 6.26 Å². The second-order valence-corrected chi connectivity index (χ2v) is 5.95. The Morgan fingerprint density at radius 2 is 1.65 bits per heavy atom. The van der Waals surface area contributed by atoms with Gasteiger partial charge in [-0.3, -0.25) is 11.3 Å². The Hall–Kier alpha value is -1.29. The molecule has 1 unspecified atom stereocenters. The number of rotatable bonds is 5. The Labute approximate surface area is 125 Å². The number of nitrogens with one attached hydrogen (secondary N) is 1. The predicted molar refractivity (Wildman–Crippen MR) is 87.9 cm³/mol. The van der Waals surface area contributed by atoms with Gasteiger partial charge in [-0.1, -0.05) is 30.3 Å². The van der Waals surface area contributed by atoms with E-state index < -0.39 is 0 Å². The third-order valence-corrected chi connectivity index (χ3v) is 4.52. The minimum Gasteiger partial charge on any atom is -0.271 e. The van der Waals surface area contributed by atoms with Gasteiger partial charge in [-0.05, 0) is 60.9 Å². The molecule has 0 aliphatic rings. The first kappa shape index (κ1) is 15.1. The second kappa shape index (κ2) is 6.93. The van der Waals surface area contributed by atoms with Gasteiger partial charge in [-0.25, -0.2) is 0 Å². The predicted octanol–water partition coefficient (Wildman–Crippen LogP) is 3.77. The Balaban J connectivity index is 2.24. The van der Waals surface area contributed by atoms with Gasteiger partial charge in [0.25, 0.3) is 0 Å². The van der Waals surface area contributed by atoms with Crippen LogP contribution in [0.5, 0.6) is 0 Å². The third kappa shape index (κ3) is 3.42. The molecule has 2 aromatic rings. The molecule has 2 aromatic carbocycles. The molecule has 0 aliphatic carbocycles. The maximum atomic E-state index is 5.77. The van der Waals surface area contributed by atoms with E-state index in [0.717, 1.165) is 6.42 Å². The van der Waals surface area contributed by atoms with Gasteiger partial charge in [0.2, 0.25) is 0 Å². The zero-order valence-electron chi connectivity index (χ0n) is 12.3. The molecule has 0 aromatic heterocycles. The highest BCUT2D eigenvalue weighted by molar-refractivity contribution is 7.98. The Morgan fingerprint density at radius 3 is 2.15 bits per heavy atom. The van der Waals surface area contributed by atoms with Crippen LogP contribution in [0.2, 0.25) is 0 Å². The highest BCUT2D eigenvalue weighted by Crippen LogP contribution is 2.24. The van der Waals surface area contributed by atoms with Gasteiger partial charge in [0.15, 0.2) is 0 Å². The Kier molecular flexibility index (Phi) is 5.24. The van der Waals surface area contributed by atoms with Crippen LogP contribution >= 0.6 is 11.8 Å². The van der Waals surface area contributed by atoms with Crippen LogP contribution in [0.15, 0.2) is 47.4 Å². The molecule has 106 valence electrons. The van der Waals surface area contributed by atoms with Crippen LogP contribution in [0.4, 0.5) is 0 Å². The van der Waals surface area contributed by atoms with E-state index in [9.17, 15) is 0 Å². The van der Waals surface area contributed by atoms with Crippen LogP contribution in [0, 0.1) is 13.8 Å². The van der Waals surface area contributed by atoms with Crippen molar-refractivity contribution in [3.8, 4) is 0 Å². The first-order valence-electron chi connectivity index (χ1n) is 6.81. The van der Waals surface area contributed by atoms with Gasteiger partial charge in [-0.15, -0.1) is 11.8 Å². The van der Waals surface area contributed by atoms with E-state index in [0.29, 0.717) is 0 Å². The molecule has 3 N–H and O–H groups in total. The van der Waals surface area contributed by atoms with Crippen molar-refractivity contribution in [2.24, 2.45) is 5.84 Å². The van der Waals surface area contributed by atoms with Gasteiger partial charge in [-0.2, -0.15) is 0 Å². The number of hydrogen-bond donors (Lipinski definition) is 2. The molecular weight excluding hydrogens is 264 g/mol. The fourth-order valence-electron chi connectivity index (χ4n) is 2.48. The van der Waals surface area contributed by atoms with Crippen LogP contribution in [-0.2, 0) is 6.42 Å². The molecule has 1 atom stereocenters. The number of hydrazine groups is 1. The summed E-state index contributed by atoms with van der Waals surface area (Å²) < 4.78 is 0. The molecular formula is C17H22N2S. The molecule has 0 saturated heterocycles. The van der Waals surface area contributed by atoms with Crippen molar-refractivity contribution in [2.45, 2.75) is 31.2 Å². The third-order valence-electron chi connectivity index (χ3n) is 3.77. The molecule has 20 heavy (non-hydrogen) atoms. The quantitative estimate of drug-likeness (QED) is 0.499. The average Bonchev–Trinajstić information content (AvgIpc) is 2.47. The number of aryl methyl sites for hydroxylation is 2. The fraction of sp³-hybridized carbons (Fsp3) is 0.294. The number of nitrogens with two attached hydrogens (primary N) is 1. The van der Waals surface area contributed by atoms with Crippen molar-refractivity contribution in [3.05, 3.63) is 64.7 Å². The number of thioether (sulfide) groups is 1. The normalized spacial score (nSPS) is 12.4. The summed E-state index contributed by atoms with van der Waals surface area (Å²) in [6, 6.07) is 15.2. The summed E-state index contributed by atoms with van der Waals surface area (Å²) in [7, 11) is 0.